The van der Waals surface area contributed by atoms with Gasteiger partial charge in [-0.1, -0.05) is 41.9 Å². The molecule has 2 atom stereocenters. The van der Waals surface area contributed by atoms with E-state index in [1.54, 1.807) is 19.2 Å². The minimum absolute atomic E-state index is 0.0156. The Morgan fingerprint density at radius 1 is 1.03 bits per heavy atom. The van der Waals surface area contributed by atoms with Crippen molar-refractivity contribution in [1.82, 2.24) is 0 Å². The van der Waals surface area contributed by atoms with E-state index in [0.717, 1.165) is 33.9 Å². The summed E-state index contributed by atoms with van der Waals surface area (Å²) in [6.07, 6.45) is 1.01. The molecular formula is C28H27ClN2O4. The van der Waals surface area contributed by atoms with Crippen molar-refractivity contribution in [3.63, 3.8) is 0 Å². The number of allylic oxidation sites excluding steroid dienone is 1. The van der Waals surface area contributed by atoms with Crippen LogP contribution in [0.3, 0.4) is 0 Å². The highest BCUT2D eigenvalue weighted by Gasteiger charge is 2.37. The molecule has 2 unspecified atom stereocenters. The number of fused-ring (bicyclic) bond motifs is 1. The van der Waals surface area contributed by atoms with Gasteiger partial charge >= 0.3 is 0 Å². The van der Waals surface area contributed by atoms with Crippen LogP contribution in [0.5, 0.6) is 17.2 Å². The molecule has 5 rings (SSSR count). The summed E-state index contributed by atoms with van der Waals surface area (Å²) < 4.78 is 11.2. The Kier molecular flexibility index (Phi) is 6.31. The number of para-hydroxylation sites is 3. The van der Waals surface area contributed by atoms with Crippen molar-refractivity contribution in [2.75, 3.05) is 24.4 Å². The Bertz CT molecular complexity index is 1320. The summed E-state index contributed by atoms with van der Waals surface area (Å²) in [6.45, 7) is 2.22. The molecule has 0 aromatic heterocycles. The first kappa shape index (κ1) is 23.1. The number of aromatic hydroxyl groups is 1. The zero-order valence-electron chi connectivity index (χ0n) is 19.6. The fraction of sp³-hybridized carbons (Fsp3) is 0.250. The molecule has 1 heterocycles. The van der Waals surface area contributed by atoms with E-state index in [4.69, 9.17) is 21.1 Å². The molecule has 0 spiro atoms. The zero-order chi connectivity index (χ0) is 24.5. The van der Waals surface area contributed by atoms with E-state index in [2.05, 4.69) is 10.6 Å². The minimum Gasteiger partial charge on any atom is -0.503 e. The number of nitrogens with one attached hydrogen (secondary N) is 2. The molecule has 1 aliphatic heterocycles. The first-order chi connectivity index (χ1) is 17.0. The van der Waals surface area contributed by atoms with Crippen LogP contribution in [0.2, 0.25) is 5.02 Å². The molecule has 180 valence electrons. The van der Waals surface area contributed by atoms with E-state index in [-0.39, 0.29) is 22.5 Å². The number of Topliss-reactive ketones (excluding diaryl/α,β-unsaturated/α-hetero) is 1. The lowest BCUT2D eigenvalue weighted by atomic mass is 9.78. The van der Waals surface area contributed by atoms with Crippen molar-refractivity contribution in [1.29, 1.82) is 0 Å². The maximum atomic E-state index is 13.8. The summed E-state index contributed by atoms with van der Waals surface area (Å²) in [5.74, 6) is 0.995. The summed E-state index contributed by atoms with van der Waals surface area (Å²) >= 11 is 6.37. The normalized spacial score (nSPS) is 19.1. The maximum Gasteiger partial charge on any atom is 0.176 e. The van der Waals surface area contributed by atoms with E-state index in [9.17, 15) is 9.90 Å². The highest BCUT2D eigenvalue weighted by molar-refractivity contribution is 6.32. The van der Waals surface area contributed by atoms with Gasteiger partial charge in [0.1, 0.15) is 5.75 Å². The number of benzene rings is 3. The lowest BCUT2D eigenvalue weighted by Crippen LogP contribution is -2.27. The van der Waals surface area contributed by atoms with E-state index >= 15 is 0 Å². The number of carbonyl (C=O) groups is 1. The number of ketones is 1. The van der Waals surface area contributed by atoms with Gasteiger partial charge in [0.2, 0.25) is 0 Å². The predicted octanol–water partition coefficient (Wildman–Crippen LogP) is 6.43. The number of rotatable bonds is 5. The van der Waals surface area contributed by atoms with Gasteiger partial charge in [-0.3, -0.25) is 4.79 Å². The molecule has 0 amide bonds. The molecule has 3 N–H and O–H groups in total. The molecule has 0 bridgehead atoms. The Labute approximate surface area is 209 Å². The average Bonchev–Trinajstić information content (AvgIpc) is 3.03. The predicted molar refractivity (Wildman–Crippen MR) is 138 cm³/mol. The monoisotopic (exact) mass is 490 g/mol. The van der Waals surface area contributed by atoms with Crippen LogP contribution in [-0.2, 0) is 4.79 Å². The van der Waals surface area contributed by atoms with Gasteiger partial charge in [-0.25, -0.2) is 0 Å². The number of anilines is 2. The van der Waals surface area contributed by atoms with Crippen molar-refractivity contribution in [3.8, 4) is 17.2 Å². The number of hydrogen-bond donors (Lipinski definition) is 3. The number of hydrogen-bond acceptors (Lipinski definition) is 6. The molecule has 3 aromatic rings. The number of methoxy groups -OCH3 is 1. The molecule has 35 heavy (non-hydrogen) atoms. The third-order valence-electron chi connectivity index (χ3n) is 6.57. The van der Waals surface area contributed by atoms with E-state index < -0.39 is 6.04 Å². The topological polar surface area (TPSA) is 79.8 Å². The fourth-order valence-electron chi connectivity index (χ4n) is 4.99. The zero-order valence-corrected chi connectivity index (χ0v) is 20.4. The first-order valence-electron chi connectivity index (χ1n) is 11.7. The molecule has 6 nitrogen and oxygen atoms in total. The molecule has 0 radical (unpaired) electrons. The molecule has 1 aliphatic carbocycles. The second kappa shape index (κ2) is 9.55. The highest BCUT2D eigenvalue weighted by Crippen LogP contribution is 2.47. The molecule has 2 aliphatic rings. The van der Waals surface area contributed by atoms with Gasteiger partial charge < -0.3 is 25.2 Å². The van der Waals surface area contributed by atoms with Crippen molar-refractivity contribution >= 4 is 28.8 Å². The molecule has 7 heteroatoms. The number of ether oxygens (including phenoxy) is 2. The Morgan fingerprint density at radius 3 is 2.54 bits per heavy atom. The van der Waals surface area contributed by atoms with E-state index in [0.29, 0.717) is 30.8 Å². The number of halogens is 1. The van der Waals surface area contributed by atoms with Gasteiger partial charge in [-0.2, -0.15) is 0 Å². The molecule has 0 fully saturated rings. The van der Waals surface area contributed by atoms with Gasteiger partial charge in [0.05, 0.1) is 36.2 Å². The minimum atomic E-state index is -0.468. The van der Waals surface area contributed by atoms with Crippen LogP contribution in [0.4, 0.5) is 11.4 Å². The second-order valence-electron chi connectivity index (χ2n) is 8.69. The van der Waals surface area contributed by atoms with Crippen LogP contribution in [0, 0.1) is 0 Å². The van der Waals surface area contributed by atoms with Gasteiger partial charge in [-0.05, 0) is 54.8 Å². The molecule has 0 saturated heterocycles. The van der Waals surface area contributed by atoms with Crippen LogP contribution < -0.4 is 20.1 Å². The summed E-state index contributed by atoms with van der Waals surface area (Å²) in [6, 6.07) is 18.7. The maximum absolute atomic E-state index is 13.8. The highest BCUT2D eigenvalue weighted by atomic mass is 35.5. The largest absolute Gasteiger partial charge is 0.503 e. The van der Waals surface area contributed by atoms with Gasteiger partial charge in [-0.15, -0.1) is 0 Å². The lowest BCUT2D eigenvalue weighted by molar-refractivity contribution is -0.116. The van der Waals surface area contributed by atoms with Crippen molar-refractivity contribution < 1.29 is 19.4 Å². The summed E-state index contributed by atoms with van der Waals surface area (Å²) in [5.41, 5.74) is 5.05. The van der Waals surface area contributed by atoms with Crippen LogP contribution in [0.25, 0.3) is 0 Å². The van der Waals surface area contributed by atoms with Crippen LogP contribution in [-0.4, -0.2) is 24.6 Å². The quantitative estimate of drug-likeness (QED) is 0.382. The standard InChI is InChI=1S/C28H27ClN2O4/c1-3-35-25-15-17(12-19(29)28(25)33)27-26-22(30-20-9-5-6-10-21(20)31-27)13-16(14-23(26)32)18-8-4-7-11-24(18)34-2/h4-12,15-16,27,30-31,33H,3,13-14H2,1-2H3. The smallest absolute Gasteiger partial charge is 0.176 e. The summed E-state index contributed by atoms with van der Waals surface area (Å²) in [7, 11) is 1.65. The Hall–Kier alpha value is -3.64. The summed E-state index contributed by atoms with van der Waals surface area (Å²) in [4.78, 5) is 13.8. The Morgan fingerprint density at radius 2 is 1.77 bits per heavy atom. The van der Waals surface area contributed by atoms with E-state index in [1.165, 1.54) is 0 Å². The molecule has 3 aromatic carbocycles. The molecule has 0 saturated carbocycles. The van der Waals surface area contributed by atoms with Gasteiger partial charge in [0.25, 0.3) is 0 Å². The second-order valence-corrected chi connectivity index (χ2v) is 9.10. The number of carbonyl (C=O) groups excluding carboxylic acids is 1. The van der Waals surface area contributed by atoms with E-state index in [1.807, 2.05) is 55.5 Å². The van der Waals surface area contributed by atoms with Crippen molar-refractivity contribution in [2.45, 2.75) is 31.7 Å². The third kappa shape index (κ3) is 4.30. The summed E-state index contributed by atoms with van der Waals surface area (Å²) in [5, 5.41) is 17.6. The van der Waals surface area contributed by atoms with Crippen LogP contribution >= 0.6 is 11.6 Å². The van der Waals surface area contributed by atoms with Crippen molar-refractivity contribution in [2.24, 2.45) is 0 Å². The molecular weight excluding hydrogens is 464 g/mol. The third-order valence-corrected chi connectivity index (χ3v) is 6.86. The first-order valence-corrected chi connectivity index (χ1v) is 12.0. The van der Waals surface area contributed by atoms with Crippen LogP contribution in [0.15, 0.2) is 71.9 Å². The number of phenolic OH excluding ortho intramolecular Hbond substituents is 1. The average molecular weight is 491 g/mol. The Balaban J connectivity index is 1.64. The number of phenols is 1. The van der Waals surface area contributed by atoms with Crippen LogP contribution in [0.1, 0.15) is 42.9 Å². The lowest BCUT2D eigenvalue weighted by Gasteiger charge is -2.30. The van der Waals surface area contributed by atoms with Crippen molar-refractivity contribution in [3.05, 3.63) is 88.1 Å². The fourth-order valence-corrected chi connectivity index (χ4v) is 5.21. The van der Waals surface area contributed by atoms with Gasteiger partial charge in [0, 0.05) is 23.6 Å². The SMILES string of the molecule is CCOc1cc(C2Nc3ccccc3NC3=C2C(=O)CC(c2ccccc2OC)C3)cc(Cl)c1O. The van der Waals surface area contributed by atoms with Gasteiger partial charge in [0.15, 0.2) is 17.3 Å².